The highest BCUT2D eigenvalue weighted by Crippen LogP contribution is 2.30. The zero-order valence-electron chi connectivity index (χ0n) is 15.6. The molecule has 8 heteroatoms. The van der Waals surface area contributed by atoms with Gasteiger partial charge in [-0.05, 0) is 25.2 Å². The first-order chi connectivity index (χ1) is 13.3. The lowest BCUT2D eigenvalue weighted by Gasteiger charge is -2.39. The second-order valence-corrected chi connectivity index (χ2v) is 7.43. The topological polar surface area (TPSA) is 85.8 Å². The zero-order chi connectivity index (χ0) is 18.5. The van der Waals surface area contributed by atoms with E-state index in [2.05, 4.69) is 20.2 Å². The maximum Gasteiger partial charge on any atom is 0.254 e. The molecule has 1 amide bonds. The minimum absolute atomic E-state index is 0.104. The van der Waals surface area contributed by atoms with Gasteiger partial charge >= 0.3 is 0 Å². The summed E-state index contributed by atoms with van der Waals surface area (Å²) in [6.45, 7) is 5.93. The summed E-state index contributed by atoms with van der Waals surface area (Å²) in [6, 6.07) is 0.133. The molecule has 0 aromatic carbocycles. The number of ether oxygens (including phenoxy) is 3. The molecule has 0 saturated carbocycles. The molecule has 4 heterocycles. The fraction of sp³-hybridized carbons (Fsp3) is 0.737. The van der Waals surface area contributed by atoms with Crippen molar-refractivity contribution in [1.82, 2.24) is 15.3 Å². The molecule has 1 aromatic heterocycles. The average Bonchev–Trinajstić information content (AvgIpc) is 2.75. The van der Waals surface area contributed by atoms with E-state index in [4.69, 9.17) is 14.2 Å². The Morgan fingerprint density at radius 3 is 2.37 bits per heavy atom. The second kappa shape index (κ2) is 8.95. The minimum atomic E-state index is -0.104. The number of carbonyl (C=O) groups is 1. The number of carbonyl (C=O) groups excluding carboxylic acids is 1. The number of hydrogen-bond donors (Lipinski definition) is 1. The number of amides is 1. The number of hydrogen-bond acceptors (Lipinski definition) is 7. The summed E-state index contributed by atoms with van der Waals surface area (Å²) in [7, 11) is 0. The lowest BCUT2D eigenvalue weighted by atomic mass is 9.79. The Morgan fingerprint density at radius 2 is 1.63 bits per heavy atom. The Morgan fingerprint density at radius 1 is 0.963 bits per heavy atom. The van der Waals surface area contributed by atoms with Gasteiger partial charge in [-0.15, -0.1) is 0 Å². The van der Waals surface area contributed by atoms with E-state index in [0.717, 1.165) is 45.6 Å². The summed E-state index contributed by atoms with van der Waals surface area (Å²) < 4.78 is 16.5. The summed E-state index contributed by atoms with van der Waals surface area (Å²) in [5.41, 5.74) is 0.504. The van der Waals surface area contributed by atoms with E-state index in [1.807, 2.05) is 0 Å². The SMILES string of the molecule is O=C(N[C@H]1CCOC[C@H]1C1CCOCC1)c1cnc(N2CCOCC2)nc1. The van der Waals surface area contributed by atoms with Crippen LogP contribution in [0.5, 0.6) is 0 Å². The molecule has 4 rings (SSSR count). The van der Waals surface area contributed by atoms with Gasteiger partial charge in [-0.3, -0.25) is 4.79 Å². The molecule has 3 aliphatic heterocycles. The number of rotatable bonds is 4. The third kappa shape index (κ3) is 4.56. The number of aromatic nitrogens is 2. The lowest BCUT2D eigenvalue weighted by Crippen LogP contribution is -2.49. The minimum Gasteiger partial charge on any atom is -0.381 e. The molecule has 1 N–H and O–H groups in total. The molecular weight excluding hydrogens is 348 g/mol. The van der Waals surface area contributed by atoms with Crippen molar-refractivity contribution in [2.75, 3.05) is 57.6 Å². The highest BCUT2D eigenvalue weighted by Gasteiger charge is 2.34. The molecule has 2 atom stereocenters. The predicted molar refractivity (Wildman–Crippen MR) is 98.8 cm³/mol. The first-order valence-electron chi connectivity index (χ1n) is 9.92. The van der Waals surface area contributed by atoms with Crippen LogP contribution < -0.4 is 10.2 Å². The van der Waals surface area contributed by atoms with Gasteiger partial charge in [-0.25, -0.2) is 9.97 Å². The monoisotopic (exact) mass is 376 g/mol. The number of anilines is 1. The van der Waals surface area contributed by atoms with E-state index in [9.17, 15) is 4.79 Å². The number of morpholine rings is 1. The predicted octanol–water partition coefficient (Wildman–Crippen LogP) is 0.875. The first kappa shape index (κ1) is 18.6. The summed E-state index contributed by atoms with van der Waals surface area (Å²) >= 11 is 0. The van der Waals surface area contributed by atoms with E-state index < -0.39 is 0 Å². The summed E-state index contributed by atoms with van der Waals surface area (Å²) in [4.78, 5) is 23.6. The van der Waals surface area contributed by atoms with Gasteiger partial charge in [0.2, 0.25) is 5.95 Å². The van der Waals surface area contributed by atoms with Gasteiger partial charge in [0, 0.05) is 57.3 Å². The summed E-state index contributed by atoms with van der Waals surface area (Å²) in [5.74, 6) is 1.44. The zero-order valence-corrected chi connectivity index (χ0v) is 15.6. The van der Waals surface area contributed by atoms with Crippen LogP contribution in [0, 0.1) is 11.8 Å². The van der Waals surface area contributed by atoms with E-state index in [0.29, 0.717) is 49.8 Å². The molecule has 3 saturated heterocycles. The smallest absolute Gasteiger partial charge is 0.254 e. The van der Waals surface area contributed by atoms with Crippen molar-refractivity contribution in [2.45, 2.75) is 25.3 Å². The van der Waals surface area contributed by atoms with E-state index >= 15 is 0 Å². The van der Waals surface area contributed by atoms with Crippen LogP contribution in [0.25, 0.3) is 0 Å². The van der Waals surface area contributed by atoms with Crippen LogP contribution >= 0.6 is 0 Å². The van der Waals surface area contributed by atoms with E-state index in [-0.39, 0.29) is 11.9 Å². The van der Waals surface area contributed by atoms with Crippen molar-refractivity contribution in [3.63, 3.8) is 0 Å². The lowest BCUT2D eigenvalue weighted by molar-refractivity contribution is -0.0259. The molecule has 148 valence electrons. The Labute approximate surface area is 159 Å². The van der Waals surface area contributed by atoms with Gasteiger partial charge in [0.25, 0.3) is 5.91 Å². The molecule has 8 nitrogen and oxygen atoms in total. The Bertz CT molecular complexity index is 615. The fourth-order valence-corrected chi connectivity index (χ4v) is 4.16. The third-order valence-electron chi connectivity index (χ3n) is 5.78. The van der Waals surface area contributed by atoms with Gasteiger partial charge in [0.1, 0.15) is 0 Å². The average molecular weight is 376 g/mol. The Hall–Kier alpha value is -1.77. The van der Waals surface area contributed by atoms with Crippen LogP contribution in [-0.2, 0) is 14.2 Å². The van der Waals surface area contributed by atoms with Crippen molar-refractivity contribution in [3.05, 3.63) is 18.0 Å². The van der Waals surface area contributed by atoms with Gasteiger partial charge < -0.3 is 24.4 Å². The highest BCUT2D eigenvalue weighted by molar-refractivity contribution is 5.93. The molecular formula is C19H28N4O4. The van der Waals surface area contributed by atoms with Crippen molar-refractivity contribution in [1.29, 1.82) is 0 Å². The highest BCUT2D eigenvalue weighted by atomic mass is 16.5. The van der Waals surface area contributed by atoms with Crippen LogP contribution in [0.2, 0.25) is 0 Å². The van der Waals surface area contributed by atoms with Gasteiger partial charge in [0.15, 0.2) is 0 Å². The van der Waals surface area contributed by atoms with Crippen molar-refractivity contribution in [2.24, 2.45) is 11.8 Å². The molecule has 0 radical (unpaired) electrons. The van der Waals surface area contributed by atoms with Crippen LogP contribution in [0.15, 0.2) is 12.4 Å². The van der Waals surface area contributed by atoms with Crippen LogP contribution in [0.3, 0.4) is 0 Å². The van der Waals surface area contributed by atoms with Crippen molar-refractivity contribution in [3.8, 4) is 0 Å². The second-order valence-electron chi connectivity index (χ2n) is 7.43. The van der Waals surface area contributed by atoms with Crippen LogP contribution in [0.4, 0.5) is 5.95 Å². The van der Waals surface area contributed by atoms with Gasteiger partial charge in [-0.1, -0.05) is 0 Å². The van der Waals surface area contributed by atoms with Gasteiger partial charge in [-0.2, -0.15) is 0 Å². The van der Waals surface area contributed by atoms with E-state index in [1.54, 1.807) is 12.4 Å². The molecule has 0 spiro atoms. The fourth-order valence-electron chi connectivity index (χ4n) is 4.16. The largest absolute Gasteiger partial charge is 0.381 e. The van der Waals surface area contributed by atoms with Crippen LogP contribution in [-0.4, -0.2) is 74.6 Å². The maximum atomic E-state index is 12.7. The van der Waals surface area contributed by atoms with Gasteiger partial charge in [0.05, 0.1) is 25.4 Å². The molecule has 0 bridgehead atoms. The molecule has 3 fully saturated rings. The normalized spacial score (nSPS) is 27.3. The molecule has 27 heavy (non-hydrogen) atoms. The summed E-state index contributed by atoms with van der Waals surface area (Å²) in [5, 5.41) is 3.21. The first-order valence-corrected chi connectivity index (χ1v) is 9.92. The Kier molecular flexibility index (Phi) is 6.16. The molecule has 0 unspecified atom stereocenters. The molecule has 1 aromatic rings. The maximum absolute atomic E-state index is 12.7. The quantitative estimate of drug-likeness (QED) is 0.835. The number of nitrogens with zero attached hydrogens (tertiary/aromatic N) is 3. The third-order valence-corrected chi connectivity index (χ3v) is 5.78. The molecule has 0 aliphatic carbocycles. The Balaban J connectivity index is 1.38. The van der Waals surface area contributed by atoms with Crippen molar-refractivity contribution < 1.29 is 19.0 Å². The molecule has 3 aliphatic rings. The summed E-state index contributed by atoms with van der Waals surface area (Å²) in [6.07, 6.45) is 6.17. The number of nitrogens with one attached hydrogen (secondary N) is 1. The van der Waals surface area contributed by atoms with E-state index in [1.165, 1.54) is 0 Å². The standard InChI is InChI=1S/C19H28N4O4/c24-18(15-11-20-19(21-12-15)23-4-9-26-10-5-23)22-17-3-8-27-13-16(17)14-1-6-25-7-2-14/h11-12,14,16-17H,1-10,13H2,(H,22,24)/t16-,17-/m0/s1. The van der Waals surface area contributed by atoms with Crippen molar-refractivity contribution >= 4 is 11.9 Å². The van der Waals surface area contributed by atoms with Crippen LogP contribution in [0.1, 0.15) is 29.6 Å².